The third-order valence-corrected chi connectivity index (χ3v) is 6.63. The van der Waals surface area contributed by atoms with E-state index < -0.39 is 15.1 Å². The van der Waals surface area contributed by atoms with Crippen LogP contribution >= 0.6 is 15.9 Å². The van der Waals surface area contributed by atoms with E-state index in [4.69, 9.17) is 5.73 Å². The Kier molecular flexibility index (Phi) is 4.71. The predicted molar refractivity (Wildman–Crippen MR) is 105 cm³/mol. The minimum Gasteiger partial charge on any atom is -0.369 e. The number of imidazole rings is 1. The van der Waals surface area contributed by atoms with Crippen LogP contribution < -0.4 is 5.73 Å². The maximum absolute atomic E-state index is 12.8. The molecule has 0 aliphatic rings. The molecule has 0 bridgehead atoms. The molecule has 7 heteroatoms. The molecule has 0 atom stereocenters. The van der Waals surface area contributed by atoms with Crippen molar-refractivity contribution in [1.82, 2.24) is 9.97 Å². The first-order valence-corrected chi connectivity index (χ1v) is 10.2. The maximum atomic E-state index is 12.8. The highest BCUT2D eigenvalue weighted by molar-refractivity contribution is 9.11. The van der Waals surface area contributed by atoms with Gasteiger partial charge in [-0.1, -0.05) is 46.3 Å². The fourth-order valence-corrected chi connectivity index (χ4v) is 4.39. The van der Waals surface area contributed by atoms with Crippen molar-refractivity contribution in [3.8, 4) is 0 Å². The average Bonchev–Trinajstić information content (AvgIpc) is 2.95. The summed E-state index contributed by atoms with van der Waals surface area (Å²) in [5.74, 6) is 0.191. The molecule has 0 saturated carbocycles. The van der Waals surface area contributed by atoms with Crippen molar-refractivity contribution in [3.63, 3.8) is 0 Å². The quantitative estimate of drug-likeness (QED) is 0.665. The van der Waals surface area contributed by atoms with Crippen molar-refractivity contribution in [2.45, 2.75) is 24.0 Å². The van der Waals surface area contributed by atoms with Gasteiger partial charge >= 0.3 is 0 Å². The topological polar surface area (TPSA) is 88.8 Å². The monoisotopic (exact) mass is 419 g/mol. The molecule has 1 heterocycles. The molecule has 0 aliphatic carbocycles. The molecule has 0 amide bonds. The lowest BCUT2D eigenvalue weighted by Crippen LogP contribution is -2.15. The number of hydrogen-bond acceptors (Lipinski definition) is 4. The molecular weight excluding hydrogens is 402 g/mol. The summed E-state index contributed by atoms with van der Waals surface area (Å²) in [6, 6.07) is 13.3. The van der Waals surface area contributed by atoms with Gasteiger partial charge in [-0.3, -0.25) is 0 Å². The highest BCUT2D eigenvalue weighted by atomic mass is 79.9. The molecule has 3 rings (SSSR count). The van der Waals surface area contributed by atoms with E-state index in [0.717, 1.165) is 16.7 Å². The number of nitrogens with two attached hydrogens (primary N) is 1. The van der Waals surface area contributed by atoms with Crippen LogP contribution in [0.3, 0.4) is 0 Å². The number of halogens is 1. The molecule has 3 N–H and O–H groups in total. The Hall–Kier alpha value is -2.12. The number of aromatic amines is 1. The van der Waals surface area contributed by atoms with E-state index in [-0.39, 0.29) is 10.8 Å². The number of rotatable bonds is 4. The minimum absolute atomic E-state index is 0.186. The molecule has 0 saturated heterocycles. The molecule has 25 heavy (non-hydrogen) atoms. The first-order chi connectivity index (χ1) is 11.8. The number of H-pyrrole nitrogens is 1. The molecule has 5 nitrogen and oxygen atoms in total. The van der Waals surface area contributed by atoms with Gasteiger partial charge in [0.05, 0.1) is 15.7 Å². The van der Waals surface area contributed by atoms with Crippen molar-refractivity contribution < 1.29 is 8.42 Å². The second-order valence-electron chi connectivity index (χ2n) is 5.98. The summed E-state index contributed by atoms with van der Waals surface area (Å²) >= 11 is 3.40. The Morgan fingerprint density at radius 2 is 1.88 bits per heavy atom. The van der Waals surface area contributed by atoms with E-state index in [1.807, 2.05) is 36.4 Å². The maximum Gasteiger partial charge on any atom is 0.198 e. The van der Waals surface area contributed by atoms with Gasteiger partial charge in [-0.25, -0.2) is 13.4 Å². The van der Waals surface area contributed by atoms with E-state index >= 15 is 0 Å². The minimum atomic E-state index is -3.52. The average molecular weight is 420 g/mol. The third-order valence-electron chi connectivity index (χ3n) is 4.00. The van der Waals surface area contributed by atoms with Gasteiger partial charge in [0.2, 0.25) is 0 Å². The predicted octanol–water partition coefficient (Wildman–Crippen LogP) is 4.11. The normalized spacial score (nSPS) is 12.9. The second-order valence-corrected chi connectivity index (χ2v) is 8.91. The van der Waals surface area contributed by atoms with Crippen LogP contribution in [0.25, 0.3) is 16.6 Å². The number of hydrogen-bond donors (Lipinski definition) is 2. The first kappa shape index (κ1) is 17.7. The van der Waals surface area contributed by atoms with E-state index in [1.54, 1.807) is 24.9 Å². The van der Waals surface area contributed by atoms with Gasteiger partial charge in [-0.05, 0) is 47.7 Å². The van der Waals surface area contributed by atoms with Crippen molar-refractivity contribution in [3.05, 3.63) is 58.6 Å². The van der Waals surface area contributed by atoms with Crippen molar-refractivity contribution >= 4 is 48.3 Å². The third kappa shape index (κ3) is 3.21. The van der Waals surface area contributed by atoms with Crippen molar-refractivity contribution in [2.75, 3.05) is 5.73 Å². The van der Waals surface area contributed by atoms with Crippen molar-refractivity contribution in [2.24, 2.45) is 0 Å². The lowest BCUT2D eigenvalue weighted by atomic mass is 9.99. The molecule has 1 aromatic heterocycles. The largest absolute Gasteiger partial charge is 0.369 e. The van der Waals surface area contributed by atoms with Crippen LogP contribution in [0.5, 0.6) is 0 Å². The summed E-state index contributed by atoms with van der Waals surface area (Å²) < 4.78 is 25.7. The summed E-state index contributed by atoms with van der Waals surface area (Å²) in [6.45, 7) is 3.31. The van der Waals surface area contributed by atoms with Crippen LogP contribution in [-0.4, -0.2) is 23.6 Å². The number of aromatic nitrogens is 2. The summed E-state index contributed by atoms with van der Waals surface area (Å²) in [6.07, 6.45) is 0. The SMILES string of the molecule is CC(C)S(=O)(=O)c1cc(/C(=C/Br)c2ccccc2)cc2[nH]c(N)nc12. The smallest absolute Gasteiger partial charge is 0.198 e. The Bertz CT molecular complexity index is 1050. The summed E-state index contributed by atoms with van der Waals surface area (Å²) in [5.41, 5.74) is 9.33. The Morgan fingerprint density at radius 3 is 2.48 bits per heavy atom. The number of fused-ring (bicyclic) bond motifs is 1. The van der Waals surface area contributed by atoms with E-state index in [0.29, 0.717) is 11.0 Å². The van der Waals surface area contributed by atoms with Crippen molar-refractivity contribution in [1.29, 1.82) is 0 Å². The highest BCUT2D eigenvalue weighted by Crippen LogP contribution is 2.32. The molecule has 0 aliphatic heterocycles. The Labute approximate surface area is 155 Å². The summed E-state index contributed by atoms with van der Waals surface area (Å²) in [4.78, 5) is 9.09. The Balaban J connectivity index is 2.31. The number of benzene rings is 2. The number of anilines is 1. The van der Waals surface area contributed by atoms with Gasteiger partial charge in [0, 0.05) is 0 Å². The van der Waals surface area contributed by atoms with Gasteiger partial charge < -0.3 is 10.7 Å². The summed E-state index contributed by atoms with van der Waals surface area (Å²) in [5, 5.41) is -0.558. The highest BCUT2D eigenvalue weighted by Gasteiger charge is 2.25. The van der Waals surface area contributed by atoms with Crippen LogP contribution in [0.4, 0.5) is 5.95 Å². The number of nitrogens with one attached hydrogen (secondary N) is 1. The molecular formula is C18H18BrN3O2S. The molecule has 0 radical (unpaired) electrons. The van der Waals surface area contributed by atoms with Crippen LogP contribution in [-0.2, 0) is 9.84 Å². The van der Waals surface area contributed by atoms with E-state index in [2.05, 4.69) is 25.9 Å². The number of nitrogens with zero attached hydrogens (tertiary/aromatic N) is 1. The fourth-order valence-electron chi connectivity index (χ4n) is 2.64. The molecule has 3 aromatic rings. The van der Waals surface area contributed by atoms with Crippen LogP contribution in [0.1, 0.15) is 25.0 Å². The van der Waals surface area contributed by atoms with Gasteiger partial charge in [-0.2, -0.15) is 0 Å². The van der Waals surface area contributed by atoms with Gasteiger partial charge in [-0.15, -0.1) is 0 Å². The lowest BCUT2D eigenvalue weighted by Gasteiger charge is -2.13. The molecule has 0 unspecified atom stereocenters. The van der Waals surface area contributed by atoms with Crippen LogP contribution in [0.2, 0.25) is 0 Å². The van der Waals surface area contributed by atoms with Crippen LogP contribution in [0, 0.1) is 0 Å². The van der Waals surface area contributed by atoms with E-state index in [1.165, 1.54) is 0 Å². The fraction of sp³-hybridized carbons (Fsp3) is 0.167. The number of nitrogen functional groups attached to an aromatic ring is 1. The Morgan fingerprint density at radius 1 is 1.20 bits per heavy atom. The molecule has 0 fully saturated rings. The van der Waals surface area contributed by atoms with Crippen LogP contribution in [0.15, 0.2) is 52.3 Å². The van der Waals surface area contributed by atoms with Gasteiger partial charge in [0.15, 0.2) is 15.8 Å². The first-order valence-electron chi connectivity index (χ1n) is 7.74. The summed E-state index contributed by atoms with van der Waals surface area (Å²) in [7, 11) is -3.52. The lowest BCUT2D eigenvalue weighted by molar-refractivity contribution is 0.588. The number of sulfone groups is 1. The molecule has 0 spiro atoms. The van der Waals surface area contributed by atoms with E-state index in [9.17, 15) is 8.42 Å². The standard InChI is InChI=1S/C18H18BrN3O2S/c1-11(2)25(23,24)16-9-13(8-15-17(16)22-18(20)21-15)14(10-19)12-6-4-3-5-7-12/h3-11H,1-2H3,(H3,20,21,22)/b14-10+. The van der Waals surface area contributed by atoms with Gasteiger partial charge in [0.1, 0.15) is 5.52 Å². The molecule has 130 valence electrons. The zero-order valence-corrected chi connectivity index (χ0v) is 16.2. The molecule has 2 aromatic carbocycles. The van der Waals surface area contributed by atoms with Gasteiger partial charge in [0.25, 0.3) is 0 Å². The zero-order chi connectivity index (χ0) is 18.2. The zero-order valence-electron chi connectivity index (χ0n) is 13.8. The second kappa shape index (κ2) is 6.65.